The van der Waals surface area contributed by atoms with E-state index in [1.54, 1.807) is 42.5 Å². The fourth-order valence-electron chi connectivity index (χ4n) is 1.51. The van der Waals surface area contributed by atoms with Gasteiger partial charge < -0.3 is 4.74 Å². The number of sulfonamides is 1. The van der Waals surface area contributed by atoms with Gasteiger partial charge in [0.1, 0.15) is 12.3 Å². The maximum atomic E-state index is 11.9. The molecule has 110 valence electrons. The van der Waals surface area contributed by atoms with Gasteiger partial charge in [0.2, 0.25) is 10.0 Å². The quantitative estimate of drug-likeness (QED) is 0.460. The van der Waals surface area contributed by atoms with Crippen LogP contribution in [0.15, 0.2) is 59.5 Å². The van der Waals surface area contributed by atoms with Gasteiger partial charge in [0.05, 0.1) is 4.90 Å². The monoisotopic (exact) mass is 417 g/mol. The lowest BCUT2D eigenvalue weighted by Gasteiger charge is -2.07. The highest BCUT2D eigenvalue weighted by Crippen LogP contribution is 2.13. The molecule has 2 aromatic carbocycles. The Morgan fingerprint density at radius 1 is 1.05 bits per heavy atom. The number of esters is 1. The maximum absolute atomic E-state index is 11.9. The standard InChI is InChI=1S/C14H12INO4S/c15-11-6-8-12(9-7-11)20-14(17)10-16-21(18,19)13-4-2-1-3-5-13/h1-9,16H,10H2. The summed E-state index contributed by atoms with van der Waals surface area (Å²) in [6, 6.07) is 14.7. The number of ether oxygens (including phenoxy) is 1. The molecule has 0 bridgehead atoms. The van der Waals surface area contributed by atoms with Crippen LogP contribution in [-0.4, -0.2) is 20.9 Å². The summed E-state index contributed by atoms with van der Waals surface area (Å²) in [6.45, 7) is -0.427. The van der Waals surface area contributed by atoms with Crippen LogP contribution < -0.4 is 9.46 Å². The first-order valence-corrected chi connectivity index (χ1v) is 8.54. The fraction of sp³-hybridized carbons (Fsp3) is 0.0714. The summed E-state index contributed by atoms with van der Waals surface area (Å²) >= 11 is 2.13. The molecule has 1 N–H and O–H groups in total. The minimum Gasteiger partial charge on any atom is -0.426 e. The van der Waals surface area contributed by atoms with Crippen molar-refractivity contribution in [3.63, 3.8) is 0 Å². The van der Waals surface area contributed by atoms with Crippen molar-refractivity contribution < 1.29 is 17.9 Å². The molecule has 0 saturated carbocycles. The molecule has 0 radical (unpaired) electrons. The van der Waals surface area contributed by atoms with E-state index in [9.17, 15) is 13.2 Å². The Morgan fingerprint density at radius 3 is 2.29 bits per heavy atom. The van der Waals surface area contributed by atoms with E-state index >= 15 is 0 Å². The van der Waals surface area contributed by atoms with Crippen molar-refractivity contribution in [3.8, 4) is 5.75 Å². The first-order chi connectivity index (χ1) is 9.97. The summed E-state index contributed by atoms with van der Waals surface area (Å²) in [5, 5.41) is 0. The first-order valence-electron chi connectivity index (χ1n) is 5.98. The average Bonchev–Trinajstić information content (AvgIpc) is 2.49. The van der Waals surface area contributed by atoms with Crippen molar-refractivity contribution in [2.75, 3.05) is 6.54 Å². The smallest absolute Gasteiger partial charge is 0.326 e. The Hall–Kier alpha value is -1.45. The summed E-state index contributed by atoms with van der Waals surface area (Å²) in [6.07, 6.45) is 0. The summed E-state index contributed by atoms with van der Waals surface area (Å²) in [5.41, 5.74) is 0. The Morgan fingerprint density at radius 2 is 1.67 bits per heavy atom. The van der Waals surface area contributed by atoms with E-state index in [1.165, 1.54) is 12.1 Å². The van der Waals surface area contributed by atoms with Crippen molar-refractivity contribution in [1.29, 1.82) is 0 Å². The number of carbonyl (C=O) groups excluding carboxylic acids is 1. The fourth-order valence-corrected chi connectivity index (χ4v) is 2.86. The van der Waals surface area contributed by atoms with Crippen LogP contribution in [0.2, 0.25) is 0 Å². The lowest BCUT2D eigenvalue weighted by Crippen LogP contribution is -2.31. The third-order valence-electron chi connectivity index (χ3n) is 2.51. The van der Waals surface area contributed by atoms with E-state index in [1.807, 2.05) is 0 Å². The van der Waals surface area contributed by atoms with Gasteiger partial charge in [-0.25, -0.2) is 8.42 Å². The highest BCUT2D eigenvalue weighted by atomic mass is 127. The van der Waals surface area contributed by atoms with Crippen LogP contribution >= 0.6 is 22.6 Å². The van der Waals surface area contributed by atoms with Crippen LogP contribution in [0.25, 0.3) is 0 Å². The Kier molecular flexibility index (Phi) is 5.32. The molecule has 0 heterocycles. The number of benzene rings is 2. The molecular formula is C14H12INO4S. The first kappa shape index (κ1) is 15.9. The molecule has 2 rings (SSSR count). The second-order valence-electron chi connectivity index (χ2n) is 4.07. The van der Waals surface area contributed by atoms with Crippen molar-refractivity contribution in [2.45, 2.75) is 4.90 Å². The van der Waals surface area contributed by atoms with Crippen LogP contribution in [0.4, 0.5) is 0 Å². The molecule has 0 aromatic heterocycles. The Bertz CT molecular complexity index is 714. The third kappa shape index (κ3) is 4.80. The molecule has 5 nitrogen and oxygen atoms in total. The molecule has 2 aromatic rings. The molecule has 0 atom stereocenters. The van der Waals surface area contributed by atoms with E-state index in [0.29, 0.717) is 5.75 Å². The van der Waals surface area contributed by atoms with Gasteiger partial charge in [-0.3, -0.25) is 4.79 Å². The van der Waals surface area contributed by atoms with Gasteiger partial charge in [-0.15, -0.1) is 0 Å². The highest BCUT2D eigenvalue weighted by molar-refractivity contribution is 14.1. The number of carbonyl (C=O) groups is 1. The molecule has 0 spiro atoms. The molecule has 0 aliphatic heterocycles. The van der Waals surface area contributed by atoms with Crippen molar-refractivity contribution >= 4 is 38.6 Å². The van der Waals surface area contributed by atoms with E-state index < -0.39 is 22.5 Å². The van der Waals surface area contributed by atoms with E-state index in [-0.39, 0.29) is 4.90 Å². The summed E-state index contributed by atoms with van der Waals surface area (Å²) in [4.78, 5) is 11.7. The Balaban J connectivity index is 1.93. The second kappa shape index (κ2) is 7.01. The van der Waals surface area contributed by atoms with Gasteiger partial charge in [-0.2, -0.15) is 4.72 Å². The molecule has 0 unspecified atom stereocenters. The van der Waals surface area contributed by atoms with Crippen LogP contribution in [0, 0.1) is 3.57 Å². The molecule has 0 aliphatic carbocycles. The van der Waals surface area contributed by atoms with Crippen LogP contribution in [0.1, 0.15) is 0 Å². The number of rotatable bonds is 5. The van der Waals surface area contributed by atoms with Crippen molar-refractivity contribution in [2.24, 2.45) is 0 Å². The summed E-state index contributed by atoms with van der Waals surface area (Å²) in [5.74, 6) is -0.296. The zero-order valence-electron chi connectivity index (χ0n) is 10.8. The van der Waals surface area contributed by atoms with Gasteiger partial charge >= 0.3 is 5.97 Å². The third-order valence-corrected chi connectivity index (χ3v) is 4.64. The van der Waals surface area contributed by atoms with E-state index in [4.69, 9.17) is 4.74 Å². The van der Waals surface area contributed by atoms with Gasteiger partial charge in [-0.1, -0.05) is 18.2 Å². The van der Waals surface area contributed by atoms with Gasteiger partial charge in [0.15, 0.2) is 0 Å². The van der Waals surface area contributed by atoms with Crippen LogP contribution in [-0.2, 0) is 14.8 Å². The summed E-state index contributed by atoms with van der Waals surface area (Å²) < 4.78 is 32.1. The van der Waals surface area contributed by atoms with E-state index in [2.05, 4.69) is 27.3 Å². The number of hydrogen-bond acceptors (Lipinski definition) is 4. The number of nitrogens with one attached hydrogen (secondary N) is 1. The van der Waals surface area contributed by atoms with Gasteiger partial charge in [0.25, 0.3) is 0 Å². The SMILES string of the molecule is O=C(CNS(=O)(=O)c1ccccc1)Oc1ccc(I)cc1. The predicted octanol–water partition coefficient (Wildman–Crippen LogP) is 2.18. The molecule has 7 heteroatoms. The zero-order valence-corrected chi connectivity index (χ0v) is 13.8. The highest BCUT2D eigenvalue weighted by Gasteiger charge is 2.15. The largest absolute Gasteiger partial charge is 0.426 e. The number of hydrogen-bond donors (Lipinski definition) is 1. The van der Waals surface area contributed by atoms with Gasteiger partial charge in [0, 0.05) is 3.57 Å². The van der Waals surface area contributed by atoms with Crippen LogP contribution in [0.5, 0.6) is 5.75 Å². The predicted molar refractivity (Wildman–Crippen MR) is 86.4 cm³/mol. The molecule has 0 amide bonds. The van der Waals surface area contributed by atoms with Gasteiger partial charge in [-0.05, 0) is 59.0 Å². The lowest BCUT2D eigenvalue weighted by molar-refractivity contribution is -0.133. The molecular weight excluding hydrogens is 405 g/mol. The average molecular weight is 417 g/mol. The Labute approximate surface area is 136 Å². The molecule has 0 fully saturated rings. The zero-order chi connectivity index (χ0) is 15.3. The molecule has 21 heavy (non-hydrogen) atoms. The minimum atomic E-state index is -3.71. The minimum absolute atomic E-state index is 0.104. The topological polar surface area (TPSA) is 72.5 Å². The molecule has 0 aliphatic rings. The van der Waals surface area contributed by atoms with E-state index in [0.717, 1.165) is 3.57 Å². The summed E-state index contributed by atoms with van der Waals surface area (Å²) in [7, 11) is -3.71. The second-order valence-corrected chi connectivity index (χ2v) is 7.08. The maximum Gasteiger partial charge on any atom is 0.326 e. The molecule has 0 saturated heterocycles. The van der Waals surface area contributed by atoms with Crippen LogP contribution in [0.3, 0.4) is 0 Å². The van der Waals surface area contributed by atoms with Crippen molar-refractivity contribution in [1.82, 2.24) is 4.72 Å². The number of halogens is 1. The van der Waals surface area contributed by atoms with Crippen molar-refractivity contribution in [3.05, 3.63) is 58.2 Å². The lowest BCUT2D eigenvalue weighted by atomic mass is 10.3. The normalized spacial score (nSPS) is 11.1.